The highest BCUT2D eigenvalue weighted by atomic mass is 33.1. The van der Waals surface area contributed by atoms with Gasteiger partial charge in [-0.3, -0.25) is 0 Å². The fraction of sp³-hybridized carbons (Fsp3) is 0. The SMILES string of the molecule is O=C(O[N+](=O)O[N+](=O)SS)c1ccccc1. The molecule has 0 saturated carbocycles. The largest absolute Gasteiger partial charge is 0.554 e. The van der Waals surface area contributed by atoms with Gasteiger partial charge >= 0.3 is 26.4 Å². The molecule has 0 bridgehead atoms. The molecule has 16 heavy (non-hydrogen) atoms. The van der Waals surface area contributed by atoms with Crippen LogP contribution in [0, 0.1) is 9.81 Å². The number of hydrogen-bond donors (Lipinski definition) is 1. The minimum Gasteiger partial charge on any atom is -0.238 e. The summed E-state index contributed by atoms with van der Waals surface area (Å²) >= 11 is 3.45. The summed E-state index contributed by atoms with van der Waals surface area (Å²) < 4.78 is -0.242. The summed E-state index contributed by atoms with van der Waals surface area (Å²) in [7, 11) is 0.293. The summed E-state index contributed by atoms with van der Waals surface area (Å²) in [6.07, 6.45) is 0. The second-order valence-electron chi connectivity index (χ2n) is 2.36. The minimum atomic E-state index is -0.937. The molecule has 1 rings (SSSR count). The van der Waals surface area contributed by atoms with Gasteiger partial charge in [0.05, 0.1) is 10.5 Å². The van der Waals surface area contributed by atoms with Gasteiger partial charge in [0.2, 0.25) is 0 Å². The first-order valence-corrected chi connectivity index (χ1v) is 5.67. The van der Waals surface area contributed by atoms with Gasteiger partial charge in [-0.15, -0.1) is 0 Å². The molecule has 0 fully saturated rings. The molecular weight excluding hydrogens is 256 g/mol. The molecule has 0 unspecified atom stereocenters. The van der Waals surface area contributed by atoms with Crippen molar-refractivity contribution in [2.75, 3.05) is 0 Å². The maximum absolute atomic E-state index is 11.2. The van der Waals surface area contributed by atoms with Crippen LogP contribution in [0.2, 0.25) is 0 Å². The van der Waals surface area contributed by atoms with Crippen LogP contribution in [-0.4, -0.2) is 15.4 Å². The van der Waals surface area contributed by atoms with E-state index in [1.54, 1.807) is 18.2 Å². The third-order valence-corrected chi connectivity index (χ3v) is 1.97. The molecule has 9 heteroatoms. The molecule has 0 aliphatic carbocycles. The van der Waals surface area contributed by atoms with Crippen molar-refractivity contribution < 1.29 is 24.0 Å². The summed E-state index contributed by atoms with van der Waals surface area (Å²) in [5.41, 5.74) is 0.155. The molecular formula is C7H6N2O5S2+2. The van der Waals surface area contributed by atoms with E-state index in [1.807, 2.05) is 0 Å². The third-order valence-electron chi connectivity index (χ3n) is 1.37. The molecule has 0 spiro atoms. The van der Waals surface area contributed by atoms with E-state index < -0.39 is 11.1 Å². The first kappa shape index (κ1) is 12.5. The molecule has 0 aliphatic heterocycles. The number of carbonyl (C=O) groups excluding carboxylic acids is 1. The van der Waals surface area contributed by atoms with Crippen LogP contribution in [0.25, 0.3) is 0 Å². The van der Waals surface area contributed by atoms with Gasteiger partial charge in [0.25, 0.3) is 0 Å². The molecule has 0 heterocycles. The topological polar surface area (TPSA) is 75.7 Å². The lowest BCUT2D eigenvalue weighted by atomic mass is 10.2. The highest BCUT2D eigenvalue weighted by molar-refractivity contribution is 8.65. The molecule has 0 radical (unpaired) electrons. The van der Waals surface area contributed by atoms with E-state index in [2.05, 4.69) is 21.4 Å². The van der Waals surface area contributed by atoms with Crippen LogP contribution in [0.4, 0.5) is 0 Å². The summed E-state index contributed by atoms with van der Waals surface area (Å²) in [4.78, 5) is 40.5. The van der Waals surface area contributed by atoms with Gasteiger partial charge in [-0.2, -0.15) is 0 Å². The number of hydrogen-bond acceptors (Lipinski definition) is 7. The number of thiol groups is 1. The lowest BCUT2D eigenvalue weighted by Crippen LogP contribution is -2.18. The molecule has 0 aromatic heterocycles. The summed E-state index contributed by atoms with van der Waals surface area (Å²) in [5.74, 6) is -0.937. The van der Waals surface area contributed by atoms with E-state index in [9.17, 15) is 14.6 Å². The monoisotopic (exact) mass is 262 g/mol. The molecule has 1 aromatic rings. The average Bonchev–Trinajstić information content (AvgIpc) is 2.29. The standard InChI is InChI=1S/C7H5N2O5S2/c10-7(6-4-2-1-3-5-6)13-8(11)14-9(12)16-15/h1-5H/q+1/p+1. The Bertz CT molecular complexity index is 410. The van der Waals surface area contributed by atoms with Crippen LogP contribution in [-0.2, 0) is 9.78 Å². The molecule has 0 aliphatic rings. The van der Waals surface area contributed by atoms with Gasteiger partial charge in [-0.1, -0.05) is 23.0 Å². The molecule has 0 saturated heterocycles. The molecule has 84 valence electrons. The van der Waals surface area contributed by atoms with Crippen LogP contribution in [0.15, 0.2) is 30.3 Å². The number of benzene rings is 1. The van der Waals surface area contributed by atoms with E-state index in [-0.39, 0.29) is 9.89 Å². The Hall–Kier alpha value is -1.61. The lowest BCUT2D eigenvalue weighted by molar-refractivity contribution is -1.11. The third kappa shape index (κ3) is 3.87. The molecule has 0 amide bonds. The van der Waals surface area contributed by atoms with Crippen molar-refractivity contribution in [2.24, 2.45) is 0 Å². The number of rotatable bonds is 5. The fourth-order valence-electron chi connectivity index (χ4n) is 0.781. The Labute approximate surface area is 98.7 Å². The summed E-state index contributed by atoms with van der Waals surface area (Å²) in [5, 5.41) is -0.606. The Morgan fingerprint density at radius 1 is 1.25 bits per heavy atom. The van der Waals surface area contributed by atoms with Crippen molar-refractivity contribution in [2.45, 2.75) is 0 Å². The van der Waals surface area contributed by atoms with Crippen LogP contribution in [0.5, 0.6) is 0 Å². The van der Waals surface area contributed by atoms with Gasteiger partial charge in [0.15, 0.2) is 4.94 Å². The zero-order valence-corrected chi connectivity index (χ0v) is 9.39. The van der Waals surface area contributed by atoms with E-state index in [4.69, 9.17) is 0 Å². The van der Waals surface area contributed by atoms with Gasteiger partial charge in [0.1, 0.15) is 4.91 Å². The minimum absolute atomic E-state index is 0.155. The van der Waals surface area contributed by atoms with Gasteiger partial charge in [-0.25, -0.2) is 4.79 Å². The fourth-order valence-corrected chi connectivity index (χ4v) is 0.954. The van der Waals surface area contributed by atoms with E-state index in [1.165, 1.54) is 12.1 Å². The first-order chi connectivity index (χ1) is 7.63. The van der Waals surface area contributed by atoms with Crippen molar-refractivity contribution in [1.29, 1.82) is 0 Å². The molecule has 0 N–H and O–H groups in total. The summed E-state index contributed by atoms with van der Waals surface area (Å²) in [6, 6.07) is 7.77. The second kappa shape index (κ2) is 6.08. The normalized spacial score (nSPS) is 9.31. The zero-order valence-electron chi connectivity index (χ0n) is 7.68. The van der Waals surface area contributed by atoms with E-state index in [0.29, 0.717) is 11.0 Å². The zero-order chi connectivity index (χ0) is 12.0. The van der Waals surface area contributed by atoms with Crippen molar-refractivity contribution in [3.63, 3.8) is 0 Å². The van der Waals surface area contributed by atoms with Crippen LogP contribution in [0.1, 0.15) is 10.4 Å². The van der Waals surface area contributed by atoms with Crippen LogP contribution < -0.4 is 0 Å². The van der Waals surface area contributed by atoms with E-state index in [0.717, 1.165) is 0 Å². The van der Waals surface area contributed by atoms with Gasteiger partial charge in [-0.05, 0) is 23.8 Å². The van der Waals surface area contributed by atoms with Gasteiger partial charge < -0.3 is 0 Å². The molecule has 7 nitrogen and oxygen atoms in total. The predicted molar refractivity (Wildman–Crippen MR) is 56.8 cm³/mol. The predicted octanol–water partition coefficient (Wildman–Crippen LogP) is 1.66. The maximum atomic E-state index is 11.2. The Morgan fingerprint density at radius 3 is 2.44 bits per heavy atom. The van der Waals surface area contributed by atoms with Crippen molar-refractivity contribution in [3.05, 3.63) is 45.7 Å². The number of carbonyl (C=O) groups is 1. The quantitative estimate of drug-likeness (QED) is 0.376. The Kier molecular flexibility index (Phi) is 4.73. The lowest BCUT2D eigenvalue weighted by Gasteiger charge is -1.89. The Morgan fingerprint density at radius 2 is 1.88 bits per heavy atom. The molecule has 0 atom stereocenters. The highest BCUT2D eigenvalue weighted by Gasteiger charge is 2.32. The van der Waals surface area contributed by atoms with Crippen LogP contribution >= 0.6 is 22.6 Å². The highest BCUT2D eigenvalue weighted by Crippen LogP contribution is 2.07. The van der Waals surface area contributed by atoms with Crippen molar-refractivity contribution in [3.8, 4) is 0 Å². The van der Waals surface area contributed by atoms with E-state index >= 15 is 0 Å². The van der Waals surface area contributed by atoms with Crippen LogP contribution in [0.3, 0.4) is 0 Å². The molecule has 1 aromatic carbocycles. The van der Waals surface area contributed by atoms with Crippen molar-refractivity contribution >= 4 is 28.6 Å². The summed E-state index contributed by atoms with van der Waals surface area (Å²) in [6.45, 7) is 0. The number of nitrogens with zero attached hydrogens (tertiary/aromatic N) is 2. The second-order valence-corrected chi connectivity index (χ2v) is 3.31. The maximum Gasteiger partial charge on any atom is 0.554 e. The smallest absolute Gasteiger partial charge is 0.238 e. The Balaban J connectivity index is 2.52. The average molecular weight is 262 g/mol. The first-order valence-electron chi connectivity index (χ1n) is 3.85. The van der Waals surface area contributed by atoms with Gasteiger partial charge in [0, 0.05) is 0 Å². The van der Waals surface area contributed by atoms with Crippen molar-refractivity contribution in [1.82, 2.24) is 0 Å².